The van der Waals surface area contributed by atoms with Crippen molar-refractivity contribution in [3.8, 4) is 11.4 Å². The van der Waals surface area contributed by atoms with Crippen molar-refractivity contribution in [2.75, 3.05) is 18.5 Å². The number of pyridine rings is 1. The van der Waals surface area contributed by atoms with E-state index in [1.807, 2.05) is 66.7 Å². The molecule has 0 bridgehead atoms. The summed E-state index contributed by atoms with van der Waals surface area (Å²) in [6.45, 7) is 1.12. The molecule has 1 aliphatic rings. The topological polar surface area (TPSA) is 90.1 Å². The third-order valence-corrected chi connectivity index (χ3v) is 6.12. The highest BCUT2D eigenvalue weighted by molar-refractivity contribution is 5.99. The van der Waals surface area contributed by atoms with Crippen LogP contribution in [0.1, 0.15) is 29.9 Å². The van der Waals surface area contributed by atoms with Crippen LogP contribution >= 0.6 is 0 Å². The lowest BCUT2D eigenvalue weighted by Crippen LogP contribution is -2.45. The van der Waals surface area contributed by atoms with Crippen LogP contribution in [0, 0.1) is 0 Å². The van der Waals surface area contributed by atoms with Crippen molar-refractivity contribution in [3.05, 3.63) is 96.1 Å². The lowest BCUT2D eigenvalue weighted by atomic mass is 9.73. The third kappa shape index (κ3) is 4.40. The van der Waals surface area contributed by atoms with Gasteiger partial charge in [0.05, 0.1) is 11.8 Å². The number of aromatic nitrogens is 3. The first-order chi connectivity index (χ1) is 16.2. The largest absolute Gasteiger partial charge is 0.381 e. The summed E-state index contributed by atoms with van der Waals surface area (Å²) in [5.41, 5.74) is 2.89. The van der Waals surface area contributed by atoms with Crippen LogP contribution in [0.4, 0.5) is 5.69 Å². The molecular weight excluding hydrogens is 416 g/mol. The van der Waals surface area contributed by atoms with Crippen LogP contribution in [0.3, 0.4) is 0 Å². The zero-order chi connectivity index (χ0) is 22.5. The van der Waals surface area contributed by atoms with Crippen LogP contribution < -0.4 is 5.32 Å². The molecule has 0 saturated carbocycles. The number of carbonyl (C=O) groups is 1. The van der Waals surface area contributed by atoms with E-state index in [1.54, 1.807) is 12.4 Å². The van der Waals surface area contributed by atoms with E-state index >= 15 is 0 Å². The Bertz CT molecular complexity index is 1220. The van der Waals surface area contributed by atoms with E-state index in [0.717, 1.165) is 22.4 Å². The molecule has 0 radical (unpaired) electrons. The summed E-state index contributed by atoms with van der Waals surface area (Å²) >= 11 is 0. The fraction of sp³-hybridized carbons (Fsp3) is 0.231. The van der Waals surface area contributed by atoms with Gasteiger partial charge in [0, 0.05) is 36.9 Å². The number of ether oxygens (including phenoxy) is 1. The molecule has 2 aromatic heterocycles. The number of amides is 1. The highest BCUT2D eigenvalue weighted by Gasteiger charge is 2.41. The zero-order valence-corrected chi connectivity index (χ0v) is 18.1. The monoisotopic (exact) mass is 440 g/mol. The lowest BCUT2D eigenvalue weighted by Gasteiger charge is -2.36. The number of para-hydroxylation sites is 1. The van der Waals surface area contributed by atoms with Crippen molar-refractivity contribution in [2.24, 2.45) is 0 Å². The van der Waals surface area contributed by atoms with Crippen LogP contribution in [0.2, 0.25) is 0 Å². The molecule has 7 heteroatoms. The first-order valence-electron chi connectivity index (χ1n) is 11.0. The molecule has 0 unspecified atom stereocenters. The van der Waals surface area contributed by atoms with Gasteiger partial charge in [0.1, 0.15) is 0 Å². The van der Waals surface area contributed by atoms with Crippen molar-refractivity contribution < 1.29 is 14.1 Å². The van der Waals surface area contributed by atoms with Gasteiger partial charge in [-0.25, -0.2) is 0 Å². The van der Waals surface area contributed by atoms with E-state index in [2.05, 4.69) is 20.4 Å². The highest BCUT2D eigenvalue weighted by atomic mass is 16.5. The van der Waals surface area contributed by atoms with E-state index < -0.39 is 5.41 Å². The summed E-state index contributed by atoms with van der Waals surface area (Å²) in [5.74, 6) is 0.971. The minimum atomic E-state index is -0.619. The number of nitrogens with one attached hydrogen (secondary N) is 1. The molecule has 7 nitrogen and oxygen atoms in total. The fourth-order valence-electron chi connectivity index (χ4n) is 4.27. The average molecular weight is 441 g/mol. The molecule has 1 N–H and O–H groups in total. The van der Waals surface area contributed by atoms with Gasteiger partial charge in [-0.2, -0.15) is 4.98 Å². The Morgan fingerprint density at radius 1 is 0.939 bits per heavy atom. The quantitative estimate of drug-likeness (QED) is 0.478. The molecule has 1 amide bonds. The van der Waals surface area contributed by atoms with E-state index in [4.69, 9.17) is 9.26 Å². The van der Waals surface area contributed by atoms with Crippen molar-refractivity contribution in [2.45, 2.75) is 24.7 Å². The van der Waals surface area contributed by atoms with Gasteiger partial charge < -0.3 is 14.6 Å². The van der Waals surface area contributed by atoms with Gasteiger partial charge in [0.15, 0.2) is 0 Å². The zero-order valence-electron chi connectivity index (χ0n) is 18.1. The smallest absolute Gasteiger partial charge is 0.235 e. The molecule has 0 spiro atoms. The molecule has 4 aromatic rings. The van der Waals surface area contributed by atoms with Crippen LogP contribution in [-0.2, 0) is 21.4 Å². The van der Waals surface area contributed by atoms with Crippen LogP contribution in [0.5, 0.6) is 0 Å². The predicted molar refractivity (Wildman–Crippen MR) is 124 cm³/mol. The van der Waals surface area contributed by atoms with E-state index in [1.165, 1.54) is 0 Å². The summed E-state index contributed by atoms with van der Waals surface area (Å²) < 4.78 is 11.1. The molecule has 3 heterocycles. The van der Waals surface area contributed by atoms with Gasteiger partial charge in [-0.05, 0) is 42.2 Å². The SMILES string of the molecule is O=C(Nc1ccccc1Cc1nc(-c2ccncc2)no1)C1(c2ccccc2)CCOCC1. The molecule has 5 rings (SSSR count). The fourth-order valence-corrected chi connectivity index (χ4v) is 4.27. The Balaban J connectivity index is 1.39. The Kier molecular flexibility index (Phi) is 5.95. The lowest BCUT2D eigenvalue weighted by molar-refractivity contribution is -0.125. The summed E-state index contributed by atoms with van der Waals surface area (Å²) in [6, 6.07) is 21.4. The number of hydrogen-bond donors (Lipinski definition) is 1. The van der Waals surface area contributed by atoms with Gasteiger partial charge in [0.25, 0.3) is 0 Å². The molecule has 1 aliphatic heterocycles. The number of benzene rings is 2. The Labute approximate surface area is 191 Å². The average Bonchev–Trinajstić information content (AvgIpc) is 3.35. The second kappa shape index (κ2) is 9.34. The maximum atomic E-state index is 13.7. The standard InChI is InChI=1S/C26H24N4O3/c31-25(26(12-16-32-17-13-26)21-7-2-1-3-8-21)28-22-9-5-4-6-20(22)18-23-29-24(30-33-23)19-10-14-27-15-11-19/h1-11,14-15H,12-13,16-18H2,(H,28,31). The van der Waals surface area contributed by atoms with Crippen molar-refractivity contribution in [1.29, 1.82) is 0 Å². The Morgan fingerprint density at radius 2 is 1.67 bits per heavy atom. The summed E-state index contributed by atoms with van der Waals surface area (Å²) in [7, 11) is 0. The first-order valence-corrected chi connectivity index (χ1v) is 11.0. The minimum absolute atomic E-state index is 0.0209. The van der Waals surface area contributed by atoms with Crippen LogP contribution in [-0.4, -0.2) is 34.2 Å². The second-order valence-corrected chi connectivity index (χ2v) is 8.10. The predicted octanol–water partition coefficient (Wildman–Crippen LogP) is 4.41. The third-order valence-electron chi connectivity index (χ3n) is 6.12. The number of rotatable bonds is 6. The molecular formula is C26H24N4O3. The van der Waals surface area contributed by atoms with E-state index in [0.29, 0.717) is 44.2 Å². The summed E-state index contributed by atoms with van der Waals surface area (Å²) in [5, 5.41) is 7.27. The summed E-state index contributed by atoms with van der Waals surface area (Å²) in [6.07, 6.45) is 5.08. The first kappa shape index (κ1) is 21.0. The van der Waals surface area contributed by atoms with Gasteiger partial charge in [-0.15, -0.1) is 0 Å². The van der Waals surface area contributed by atoms with Gasteiger partial charge in [0.2, 0.25) is 17.6 Å². The molecule has 33 heavy (non-hydrogen) atoms. The van der Waals surface area contributed by atoms with Gasteiger partial charge >= 0.3 is 0 Å². The molecule has 166 valence electrons. The van der Waals surface area contributed by atoms with E-state index in [-0.39, 0.29) is 5.91 Å². The van der Waals surface area contributed by atoms with Crippen molar-refractivity contribution in [3.63, 3.8) is 0 Å². The second-order valence-electron chi connectivity index (χ2n) is 8.10. The number of anilines is 1. The summed E-state index contributed by atoms with van der Waals surface area (Å²) in [4.78, 5) is 22.2. The molecule has 2 aromatic carbocycles. The number of hydrogen-bond acceptors (Lipinski definition) is 6. The molecule has 0 aliphatic carbocycles. The number of nitrogens with zero attached hydrogens (tertiary/aromatic N) is 3. The highest BCUT2D eigenvalue weighted by Crippen LogP contribution is 2.36. The molecule has 0 atom stereocenters. The minimum Gasteiger partial charge on any atom is -0.381 e. The van der Waals surface area contributed by atoms with Crippen LogP contribution in [0.15, 0.2) is 83.6 Å². The Morgan fingerprint density at radius 3 is 2.45 bits per heavy atom. The van der Waals surface area contributed by atoms with Gasteiger partial charge in [-0.1, -0.05) is 53.7 Å². The maximum absolute atomic E-state index is 13.7. The molecule has 1 fully saturated rings. The number of carbonyl (C=O) groups excluding carboxylic acids is 1. The van der Waals surface area contributed by atoms with Crippen molar-refractivity contribution >= 4 is 11.6 Å². The molecule has 1 saturated heterocycles. The normalized spacial score (nSPS) is 15.2. The van der Waals surface area contributed by atoms with E-state index in [9.17, 15) is 4.79 Å². The van der Waals surface area contributed by atoms with Gasteiger partial charge in [-0.3, -0.25) is 9.78 Å². The van der Waals surface area contributed by atoms with Crippen LogP contribution in [0.25, 0.3) is 11.4 Å². The maximum Gasteiger partial charge on any atom is 0.235 e. The van der Waals surface area contributed by atoms with Crippen molar-refractivity contribution in [1.82, 2.24) is 15.1 Å². The Hall–Kier alpha value is -3.84.